The second kappa shape index (κ2) is 9.38. The summed E-state index contributed by atoms with van der Waals surface area (Å²) in [5.74, 6) is 0.442. The Morgan fingerprint density at radius 2 is 1.96 bits per heavy atom. The third-order valence-corrected chi connectivity index (χ3v) is 5.63. The molecule has 3 aromatic rings. The number of nitrogens with one attached hydrogen (secondary N) is 2. The maximum Gasteiger partial charge on any atom is 0.258 e. The van der Waals surface area contributed by atoms with Crippen molar-refractivity contribution in [1.29, 1.82) is 0 Å². The van der Waals surface area contributed by atoms with Crippen LogP contribution in [0.5, 0.6) is 5.75 Å². The molecule has 1 heterocycles. The average Bonchev–Trinajstić information content (AvgIpc) is 3.11. The molecule has 0 saturated heterocycles. The van der Waals surface area contributed by atoms with Crippen LogP contribution in [0.4, 0.5) is 10.8 Å². The number of thiazole rings is 1. The monoisotopic (exact) mass is 413 g/mol. The van der Waals surface area contributed by atoms with Gasteiger partial charge in [-0.1, -0.05) is 18.2 Å². The van der Waals surface area contributed by atoms with Gasteiger partial charge < -0.3 is 10.1 Å². The minimum atomic E-state index is -0.245. The largest absolute Gasteiger partial charge is 0.497 e. The molecule has 3 rings (SSSR count). The Morgan fingerprint density at radius 3 is 2.71 bits per heavy atom. The van der Waals surface area contributed by atoms with Crippen molar-refractivity contribution in [2.75, 3.05) is 23.5 Å². The van der Waals surface area contributed by atoms with E-state index in [1.165, 1.54) is 23.1 Å². The van der Waals surface area contributed by atoms with E-state index in [-0.39, 0.29) is 17.6 Å². The van der Waals surface area contributed by atoms with E-state index in [1.807, 2.05) is 36.6 Å². The summed E-state index contributed by atoms with van der Waals surface area (Å²) < 4.78 is 5.15. The summed E-state index contributed by atoms with van der Waals surface area (Å²) in [6.45, 7) is 1.87. The molecule has 144 valence electrons. The van der Waals surface area contributed by atoms with Crippen molar-refractivity contribution < 1.29 is 14.3 Å². The molecule has 2 N–H and O–H groups in total. The van der Waals surface area contributed by atoms with Gasteiger partial charge in [-0.15, -0.1) is 23.1 Å². The maximum absolute atomic E-state index is 12.6. The van der Waals surface area contributed by atoms with E-state index in [1.54, 1.807) is 31.4 Å². The highest BCUT2D eigenvalue weighted by Crippen LogP contribution is 2.25. The molecule has 0 bridgehead atoms. The zero-order valence-electron chi connectivity index (χ0n) is 15.4. The Morgan fingerprint density at radius 1 is 1.14 bits per heavy atom. The van der Waals surface area contributed by atoms with Crippen LogP contribution in [0.1, 0.15) is 16.1 Å². The van der Waals surface area contributed by atoms with Gasteiger partial charge in [-0.25, -0.2) is 4.98 Å². The van der Waals surface area contributed by atoms with E-state index < -0.39 is 0 Å². The number of carbonyl (C=O) groups is 2. The molecule has 0 aliphatic carbocycles. The third-order valence-electron chi connectivity index (χ3n) is 3.68. The summed E-state index contributed by atoms with van der Waals surface area (Å²) in [6, 6.07) is 14.4. The number of benzene rings is 2. The fraction of sp³-hybridized carbons (Fsp3) is 0.150. The molecule has 0 aliphatic heterocycles. The van der Waals surface area contributed by atoms with Crippen molar-refractivity contribution in [2.45, 2.75) is 11.8 Å². The number of hydrogen-bond acceptors (Lipinski definition) is 6. The first kappa shape index (κ1) is 19.9. The summed E-state index contributed by atoms with van der Waals surface area (Å²) in [4.78, 5) is 29.8. The average molecular weight is 414 g/mol. The molecule has 0 unspecified atom stereocenters. The molecular formula is C20H19N3O3S2. The van der Waals surface area contributed by atoms with Crippen molar-refractivity contribution in [1.82, 2.24) is 4.98 Å². The number of nitrogens with zero attached hydrogens (tertiary/aromatic N) is 1. The first-order chi connectivity index (χ1) is 13.5. The molecule has 0 saturated carbocycles. The van der Waals surface area contributed by atoms with Crippen LogP contribution in [0.2, 0.25) is 0 Å². The van der Waals surface area contributed by atoms with Crippen molar-refractivity contribution in [3.8, 4) is 5.75 Å². The van der Waals surface area contributed by atoms with Crippen LogP contribution in [-0.2, 0) is 4.79 Å². The molecule has 0 fully saturated rings. The minimum absolute atomic E-state index is 0.163. The highest BCUT2D eigenvalue weighted by atomic mass is 32.2. The quantitative estimate of drug-likeness (QED) is 0.560. The number of anilines is 2. The van der Waals surface area contributed by atoms with Gasteiger partial charge in [-0.3, -0.25) is 14.9 Å². The molecule has 28 heavy (non-hydrogen) atoms. The Hall–Kier alpha value is -2.84. The molecule has 0 atom stereocenters. The summed E-state index contributed by atoms with van der Waals surface area (Å²) >= 11 is 2.68. The number of ether oxygens (including phenoxy) is 1. The fourth-order valence-corrected chi connectivity index (χ4v) is 3.93. The van der Waals surface area contributed by atoms with Gasteiger partial charge in [-0.05, 0) is 31.2 Å². The second-order valence-corrected chi connectivity index (χ2v) is 7.69. The van der Waals surface area contributed by atoms with Crippen LogP contribution in [-0.4, -0.2) is 29.7 Å². The van der Waals surface area contributed by atoms with Crippen LogP contribution in [0.15, 0.2) is 58.8 Å². The molecule has 1 aromatic heterocycles. The highest BCUT2D eigenvalue weighted by Gasteiger charge is 2.14. The first-order valence-electron chi connectivity index (χ1n) is 8.44. The van der Waals surface area contributed by atoms with E-state index in [4.69, 9.17) is 4.74 Å². The van der Waals surface area contributed by atoms with E-state index in [0.717, 1.165) is 10.6 Å². The lowest BCUT2D eigenvalue weighted by Crippen LogP contribution is -2.15. The molecule has 2 amide bonds. The van der Waals surface area contributed by atoms with Crippen molar-refractivity contribution in [3.63, 3.8) is 0 Å². The van der Waals surface area contributed by atoms with Gasteiger partial charge in [0.1, 0.15) is 5.75 Å². The van der Waals surface area contributed by atoms with Gasteiger partial charge in [-0.2, -0.15) is 0 Å². The third kappa shape index (κ3) is 5.34. The molecule has 6 nitrogen and oxygen atoms in total. The van der Waals surface area contributed by atoms with Crippen LogP contribution in [0, 0.1) is 6.92 Å². The summed E-state index contributed by atoms with van der Waals surface area (Å²) in [7, 11) is 1.58. The predicted octanol–water partition coefficient (Wildman–Crippen LogP) is 4.44. The van der Waals surface area contributed by atoms with Gasteiger partial charge in [0.25, 0.3) is 5.91 Å². The van der Waals surface area contributed by atoms with Crippen molar-refractivity contribution in [2.24, 2.45) is 0 Å². The summed E-state index contributed by atoms with van der Waals surface area (Å²) in [5.41, 5.74) is 2.03. The standard InChI is InChI=1S/C20H19N3O3S2/c1-13-11-28-20(21-13)23-19(25)16-8-3-4-9-17(16)27-12-18(24)22-14-6-5-7-15(10-14)26-2/h3-11H,12H2,1-2H3,(H,22,24)(H,21,23,25). The second-order valence-electron chi connectivity index (χ2n) is 5.81. The number of thioether (sulfide) groups is 1. The Kier molecular flexibility index (Phi) is 6.67. The number of rotatable bonds is 7. The SMILES string of the molecule is COc1cccc(NC(=O)CSc2ccccc2C(=O)Nc2nc(C)cs2)c1. The number of aromatic nitrogens is 1. The number of methoxy groups -OCH3 is 1. The molecule has 0 spiro atoms. The predicted molar refractivity (Wildman–Crippen MR) is 114 cm³/mol. The van der Waals surface area contributed by atoms with Gasteiger partial charge in [0.2, 0.25) is 5.91 Å². The number of hydrogen-bond donors (Lipinski definition) is 2. The molecule has 0 radical (unpaired) electrons. The Balaban J connectivity index is 1.62. The van der Waals surface area contributed by atoms with Crippen LogP contribution >= 0.6 is 23.1 Å². The number of aryl methyl sites for hydroxylation is 1. The zero-order valence-corrected chi connectivity index (χ0v) is 17.0. The van der Waals surface area contributed by atoms with Gasteiger partial charge in [0.05, 0.1) is 24.1 Å². The molecular weight excluding hydrogens is 394 g/mol. The normalized spacial score (nSPS) is 10.4. The maximum atomic E-state index is 12.6. The lowest BCUT2D eigenvalue weighted by atomic mass is 10.2. The number of carbonyl (C=O) groups excluding carboxylic acids is 2. The van der Waals surface area contributed by atoms with Gasteiger partial charge >= 0.3 is 0 Å². The highest BCUT2D eigenvalue weighted by molar-refractivity contribution is 8.00. The van der Waals surface area contributed by atoms with Gasteiger partial charge in [0.15, 0.2) is 5.13 Å². The summed E-state index contributed by atoms with van der Waals surface area (Å²) in [5, 5.41) is 8.06. The lowest BCUT2D eigenvalue weighted by molar-refractivity contribution is -0.113. The van der Waals surface area contributed by atoms with E-state index in [0.29, 0.717) is 22.1 Å². The zero-order chi connectivity index (χ0) is 19.9. The summed E-state index contributed by atoms with van der Waals surface area (Å²) in [6.07, 6.45) is 0. The molecule has 2 aromatic carbocycles. The van der Waals surface area contributed by atoms with E-state index in [9.17, 15) is 9.59 Å². The van der Waals surface area contributed by atoms with Crippen LogP contribution < -0.4 is 15.4 Å². The molecule has 0 aliphatic rings. The number of amides is 2. The Labute approximate surface area is 171 Å². The van der Waals surface area contributed by atoms with E-state index in [2.05, 4.69) is 15.6 Å². The van der Waals surface area contributed by atoms with Gasteiger partial charge in [0, 0.05) is 22.0 Å². The van der Waals surface area contributed by atoms with E-state index >= 15 is 0 Å². The molecule has 8 heteroatoms. The Bertz CT molecular complexity index is 988. The van der Waals surface area contributed by atoms with Crippen molar-refractivity contribution in [3.05, 3.63) is 65.2 Å². The topological polar surface area (TPSA) is 80.3 Å². The van der Waals surface area contributed by atoms with Crippen molar-refractivity contribution >= 4 is 45.7 Å². The van der Waals surface area contributed by atoms with Crippen LogP contribution in [0.3, 0.4) is 0 Å². The smallest absolute Gasteiger partial charge is 0.258 e. The minimum Gasteiger partial charge on any atom is -0.497 e. The van der Waals surface area contributed by atoms with Crippen LogP contribution in [0.25, 0.3) is 0 Å². The first-order valence-corrected chi connectivity index (χ1v) is 10.3. The lowest BCUT2D eigenvalue weighted by Gasteiger charge is -2.09. The fourth-order valence-electron chi connectivity index (χ4n) is 2.40.